The fraction of sp³-hybridized carbons (Fsp3) is 0.435. The third-order valence-corrected chi connectivity index (χ3v) is 4.98. The average molecular weight is 382 g/mol. The zero-order valence-electron chi connectivity index (χ0n) is 17.3. The molecule has 0 atom stereocenters. The van der Waals surface area contributed by atoms with Gasteiger partial charge >= 0.3 is 6.03 Å². The number of carbonyl (C=O) groups is 1. The zero-order chi connectivity index (χ0) is 20.1. The standard InChI is InChI=1S/C23H31N3O2/c1-17(2)19-9-11-20(12-10-19)25-13-15-26(16-14-25)23(27)24-21-7-5-6-8-22(21)28-18(3)4/h5-12,17-18H,13-16H2,1-4H3,(H,24,27). The van der Waals surface area contributed by atoms with Gasteiger partial charge in [-0.05, 0) is 49.6 Å². The van der Waals surface area contributed by atoms with E-state index in [4.69, 9.17) is 4.74 Å². The molecular formula is C23H31N3O2. The van der Waals surface area contributed by atoms with Gasteiger partial charge in [0.1, 0.15) is 5.75 Å². The maximum Gasteiger partial charge on any atom is 0.322 e. The van der Waals surface area contributed by atoms with E-state index in [1.165, 1.54) is 11.3 Å². The van der Waals surface area contributed by atoms with Crippen LogP contribution < -0.4 is 15.0 Å². The van der Waals surface area contributed by atoms with Gasteiger partial charge in [0, 0.05) is 31.9 Å². The number of para-hydroxylation sites is 2. The minimum Gasteiger partial charge on any atom is -0.489 e. The van der Waals surface area contributed by atoms with Gasteiger partial charge in [-0.25, -0.2) is 4.79 Å². The topological polar surface area (TPSA) is 44.8 Å². The number of hydrogen-bond donors (Lipinski definition) is 1. The van der Waals surface area contributed by atoms with Crippen LogP contribution in [-0.2, 0) is 0 Å². The highest BCUT2D eigenvalue weighted by Gasteiger charge is 2.22. The molecule has 1 heterocycles. The summed E-state index contributed by atoms with van der Waals surface area (Å²) in [6.07, 6.45) is 0.0590. The van der Waals surface area contributed by atoms with Crippen LogP contribution in [0.4, 0.5) is 16.2 Å². The molecular weight excluding hydrogens is 350 g/mol. The molecule has 0 saturated carbocycles. The summed E-state index contributed by atoms with van der Waals surface area (Å²) in [5, 5.41) is 3.00. The number of hydrogen-bond acceptors (Lipinski definition) is 3. The summed E-state index contributed by atoms with van der Waals surface area (Å²) in [5.41, 5.74) is 3.29. The van der Waals surface area contributed by atoms with Crippen LogP contribution in [0.25, 0.3) is 0 Å². The largest absolute Gasteiger partial charge is 0.489 e. The lowest BCUT2D eigenvalue weighted by Gasteiger charge is -2.36. The third-order valence-electron chi connectivity index (χ3n) is 4.98. The molecule has 2 aromatic rings. The Morgan fingerprint density at radius 1 is 0.929 bits per heavy atom. The van der Waals surface area contributed by atoms with E-state index in [1.807, 2.05) is 43.0 Å². The maximum absolute atomic E-state index is 12.7. The molecule has 0 aromatic heterocycles. The fourth-order valence-corrected chi connectivity index (χ4v) is 3.36. The number of rotatable bonds is 5. The summed E-state index contributed by atoms with van der Waals surface area (Å²) in [7, 11) is 0. The van der Waals surface area contributed by atoms with Gasteiger partial charge in [0.05, 0.1) is 11.8 Å². The molecule has 1 N–H and O–H groups in total. The van der Waals surface area contributed by atoms with Gasteiger partial charge in [0.25, 0.3) is 0 Å². The average Bonchev–Trinajstić information content (AvgIpc) is 2.69. The van der Waals surface area contributed by atoms with Crippen LogP contribution in [-0.4, -0.2) is 43.2 Å². The normalized spacial score (nSPS) is 14.5. The highest BCUT2D eigenvalue weighted by atomic mass is 16.5. The molecule has 1 saturated heterocycles. The lowest BCUT2D eigenvalue weighted by Crippen LogP contribution is -2.50. The van der Waals surface area contributed by atoms with Gasteiger partial charge in [-0.2, -0.15) is 0 Å². The molecule has 5 heteroatoms. The summed E-state index contributed by atoms with van der Waals surface area (Å²) in [6, 6.07) is 16.3. The molecule has 0 unspecified atom stereocenters. The third kappa shape index (κ3) is 4.97. The van der Waals surface area contributed by atoms with Crippen molar-refractivity contribution in [2.45, 2.75) is 39.7 Å². The van der Waals surface area contributed by atoms with Gasteiger partial charge in [0.2, 0.25) is 0 Å². The first-order valence-corrected chi connectivity index (χ1v) is 10.1. The second kappa shape index (κ2) is 9.00. The molecule has 2 aromatic carbocycles. The second-order valence-corrected chi connectivity index (χ2v) is 7.81. The monoisotopic (exact) mass is 381 g/mol. The van der Waals surface area contributed by atoms with E-state index in [0.29, 0.717) is 30.4 Å². The minimum absolute atomic E-state index is 0.0590. The number of carbonyl (C=O) groups excluding carboxylic acids is 1. The Bertz CT molecular complexity index is 779. The van der Waals surface area contributed by atoms with E-state index in [9.17, 15) is 4.79 Å². The number of benzene rings is 2. The van der Waals surface area contributed by atoms with Crippen molar-refractivity contribution in [2.24, 2.45) is 0 Å². The zero-order valence-corrected chi connectivity index (χ0v) is 17.3. The van der Waals surface area contributed by atoms with Crippen molar-refractivity contribution in [1.29, 1.82) is 0 Å². The predicted octanol–water partition coefficient (Wildman–Crippen LogP) is 4.95. The van der Waals surface area contributed by atoms with Crippen molar-refractivity contribution in [3.05, 3.63) is 54.1 Å². The van der Waals surface area contributed by atoms with Gasteiger partial charge in [0.15, 0.2) is 0 Å². The van der Waals surface area contributed by atoms with E-state index in [2.05, 4.69) is 48.3 Å². The lowest BCUT2D eigenvalue weighted by atomic mass is 10.0. The number of amides is 2. The first-order valence-electron chi connectivity index (χ1n) is 10.1. The maximum atomic E-state index is 12.7. The SMILES string of the molecule is CC(C)Oc1ccccc1NC(=O)N1CCN(c2ccc(C(C)C)cc2)CC1. The molecule has 1 aliphatic rings. The van der Waals surface area contributed by atoms with Crippen LogP contribution in [0.1, 0.15) is 39.2 Å². The predicted molar refractivity (Wildman–Crippen MR) is 116 cm³/mol. The minimum atomic E-state index is -0.0744. The first kappa shape index (κ1) is 20.1. The van der Waals surface area contributed by atoms with Crippen LogP contribution in [0.15, 0.2) is 48.5 Å². The highest BCUT2D eigenvalue weighted by Crippen LogP contribution is 2.26. The Hall–Kier alpha value is -2.69. The number of anilines is 2. The van der Waals surface area contributed by atoms with Gasteiger partial charge in [-0.3, -0.25) is 0 Å². The molecule has 1 aliphatic heterocycles. The van der Waals surface area contributed by atoms with E-state index in [-0.39, 0.29) is 12.1 Å². The Labute approximate surface area is 168 Å². The summed E-state index contributed by atoms with van der Waals surface area (Å²) < 4.78 is 5.79. The summed E-state index contributed by atoms with van der Waals surface area (Å²) in [4.78, 5) is 16.9. The molecule has 0 aliphatic carbocycles. The smallest absolute Gasteiger partial charge is 0.322 e. The molecule has 0 spiro atoms. The summed E-state index contributed by atoms with van der Waals surface area (Å²) >= 11 is 0. The molecule has 28 heavy (non-hydrogen) atoms. The van der Waals surface area contributed by atoms with Crippen molar-refractivity contribution >= 4 is 17.4 Å². The molecule has 3 rings (SSSR count). The molecule has 1 fully saturated rings. The van der Waals surface area contributed by atoms with Crippen LogP contribution in [0.5, 0.6) is 5.75 Å². The molecule has 5 nitrogen and oxygen atoms in total. The Morgan fingerprint density at radius 2 is 1.57 bits per heavy atom. The van der Waals surface area contributed by atoms with Crippen LogP contribution in [0.3, 0.4) is 0 Å². The molecule has 150 valence electrons. The van der Waals surface area contributed by atoms with Crippen molar-refractivity contribution < 1.29 is 9.53 Å². The number of urea groups is 1. The Morgan fingerprint density at radius 3 is 2.18 bits per heavy atom. The molecule has 2 amide bonds. The number of piperazine rings is 1. The van der Waals surface area contributed by atoms with E-state index >= 15 is 0 Å². The second-order valence-electron chi connectivity index (χ2n) is 7.81. The van der Waals surface area contributed by atoms with Crippen LogP contribution >= 0.6 is 0 Å². The Kier molecular flexibility index (Phi) is 6.45. The Balaban J connectivity index is 1.57. The van der Waals surface area contributed by atoms with Gasteiger partial charge in [-0.15, -0.1) is 0 Å². The van der Waals surface area contributed by atoms with Crippen LogP contribution in [0.2, 0.25) is 0 Å². The van der Waals surface area contributed by atoms with Crippen LogP contribution in [0, 0.1) is 0 Å². The van der Waals surface area contributed by atoms with Gasteiger partial charge < -0.3 is 19.9 Å². The van der Waals surface area contributed by atoms with Crippen molar-refractivity contribution in [1.82, 2.24) is 4.90 Å². The first-order chi connectivity index (χ1) is 13.4. The number of nitrogens with one attached hydrogen (secondary N) is 1. The molecule has 0 bridgehead atoms. The summed E-state index contributed by atoms with van der Waals surface area (Å²) in [5.74, 6) is 1.24. The van der Waals surface area contributed by atoms with Crippen molar-refractivity contribution in [2.75, 3.05) is 36.4 Å². The van der Waals surface area contributed by atoms with E-state index in [1.54, 1.807) is 0 Å². The highest BCUT2D eigenvalue weighted by molar-refractivity contribution is 5.91. The number of nitrogens with zero attached hydrogens (tertiary/aromatic N) is 2. The number of ether oxygens (including phenoxy) is 1. The quantitative estimate of drug-likeness (QED) is 0.797. The van der Waals surface area contributed by atoms with Crippen molar-refractivity contribution in [3.63, 3.8) is 0 Å². The van der Waals surface area contributed by atoms with E-state index in [0.717, 1.165) is 13.1 Å². The van der Waals surface area contributed by atoms with Crippen molar-refractivity contribution in [3.8, 4) is 5.75 Å². The fourth-order valence-electron chi connectivity index (χ4n) is 3.36. The van der Waals surface area contributed by atoms with Gasteiger partial charge in [-0.1, -0.05) is 38.1 Å². The lowest BCUT2D eigenvalue weighted by molar-refractivity contribution is 0.207. The van der Waals surface area contributed by atoms with E-state index < -0.39 is 0 Å². The molecule has 0 radical (unpaired) electrons. The summed E-state index contributed by atoms with van der Waals surface area (Å²) in [6.45, 7) is 11.4.